The molecule has 2 rings (SSSR count). The molecule has 0 bridgehead atoms. The molecule has 0 aliphatic rings. The molecule has 1 aromatic carbocycles. The van der Waals surface area contributed by atoms with E-state index in [-0.39, 0.29) is 17.1 Å². The first-order valence-corrected chi connectivity index (χ1v) is 8.47. The fourth-order valence-electron chi connectivity index (χ4n) is 2.68. The number of carboxylic acids is 1. The fourth-order valence-corrected chi connectivity index (χ4v) is 2.68. The maximum atomic E-state index is 13.1. The smallest absolute Gasteiger partial charge is 0.416 e. The number of aromatic carboxylic acids is 1. The van der Waals surface area contributed by atoms with E-state index in [1.807, 2.05) is 0 Å². The van der Waals surface area contributed by atoms with Crippen LogP contribution < -0.4 is 4.90 Å². The molecule has 1 heterocycles. The first-order valence-electron chi connectivity index (χ1n) is 8.47. The first-order chi connectivity index (χ1) is 12.3. The summed E-state index contributed by atoms with van der Waals surface area (Å²) in [6, 6.07) is 7.77. The summed E-state index contributed by atoms with van der Waals surface area (Å²) in [5.41, 5.74) is -0.542. The molecule has 1 N–H and O–H groups in total. The van der Waals surface area contributed by atoms with Gasteiger partial charge in [-0.15, -0.1) is 0 Å². The van der Waals surface area contributed by atoms with Gasteiger partial charge in [-0.1, -0.05) is 32.3 Å². The van der Waals surface area contributed by atoms with Gasteiger partial charge < -0.3 is 10.0 Å². The predicted octanol–water partition coefficient (Wildman–Crippen LogP) is 5.52. The summed E-state index contributed by atoms with van der Waals surface area (Å²) in [6.07, 6.45) is 0.622. The van der Waals surface area contributed by atoms with Crippen LogP contribution in [0, 0.1) is 0 Å². The maximum absolute atomic E-state index is 13.1. The van der Waals surface area contributed by atoms with Crippen molar-refractivity contribution in [2.45, 2.75) is 38.8 Å². The molecule has 0 aliphatic heterocycles. The molecule has 4 nitrogen and oxygen atoms in total. The number of hydrogen-bond acceptors (Lipinski definition) is 3. The van der Waals surface area contributed by atoms with E-state index in [1.165, 1.54) is 30.5 Å². The Morgan fingerprint density at radius 3 is 2.58 bits per heavy atom. The number of pyridine rings is 1. The number of benzene rings is 1. The third-order valence-corrected chi connectivity index (χ3v) is 3.99. The van der Waals surface area contributed by atoms with Crippen molar-refractivity contribution in [1.29, 1.82) is 0 Å². The van der Waals surface area contributed by atoms with Gasteiger partial charge in [-0.05, 0) is 36.8 Å². The number of halogens is 3. The van der Waals surface area contributed by atoms with Crippen molar-refractivity contribution in [1.82, 2.24) is 4.98 Å². The molecule has 7 heteroatoms. The van der Waals surface area contributed by atoms with E-state index in [1.54, 1.807) is 4.90 Å². The number of alkyl halides is 3. The normalized spacial score (nSPS) is 11.4. The van der Waals surface area contributed by atoms with Crippen LogP contribution in [0.3, 0.4) is 0 Å². The molecule has 0 atom stereocenters. The molecule has 26 heavy (non-hydrogen) atoms. The van der Waals surface area contributed by atoms with Crippen molar-refractivity contribution in [3.63, 3.8) is 0 Å². The maximum Gasteiger partial charge on any atom is 0.416 e. The van der Waals surface area contributed by atoms with E-state index in [4.69, 9.17) is 0 Å². The Kier molecular flexibility index (Phi) is 6.60. The van der Waals surface area contributed by atoms with Crippen molar-refractivity contribution in [2.24, 2.45) is 0 Å². The van der Waals surface area contributed by atoms with E-state index >= 15 is 0 Å². The summed E-state index contributed by atoms with van der Waals surface area (Å²) in [4.78, 5) is 17.2. The Balaban J connectivity index is 2.44. The molecule has 2 aromatic rings. The van der Waals surface area contributed by atoms with Crippen molar-refractivity contribution in [2.75, 3.05) is 11.4 Å². The number of anilines is 2. The van der Waals surface area contributed by atoms with E-state index in [2.05, 4.69) is 11.9 Å². The summed E-state index contributed by atoms with van der Waals surface area (Å²) < 4.78 is 39.2. The predicted molar refractivity (Wildman–Crippen MR) is 93.8 cm³/mol. The van der Waals surface area contributed by atoms with Crippen LogP contribution in [-0.2, 0) is 6.18 Å². The minimum absolute atomic E-state index is 0.0413. The second-order valence-corrected chi connectivity index (χ2v) is 5.94. The molecule has 1 aromatic heterocycles. The lowest BCUT2D eigenvalue weighted by Crippen LogP contribution is -2.23. The molecule has 0 aliphatic carbocycles. The highest BCUT2D eigenvalue weighted by atomic mass is 19.4. The molecule has 0 saturated heterocycles. The standard InChI is InChI=1S/C19H21F3N2O2/c1-2-3-4-5-12-24(17-16(18(25)26)10-7-11-23-17)15-9-6-8-14(13-15)19(20,21)22/h6-11,13H,2-5,12H2,1H3,(H,25,26). The van der Waals surface area contributed by atoms with Gasteiger partial charge >= 0.3 is 12.1 Å². The summed E-state index contributed by atoms with van der Waals surface area (Å²) in [5.74, 6) is -1.02. The molecule has 0 spiro atoms. The van der Waals surface area contributed by atoms with Crippen LogP contribution in [-0.4, -0.2) is 22.6 Å². The van der Waals surface area contributed by atoms with Crippen molar-refractivity contribution < 1.29 is 23.1 Å². The lowest BCUT2D eigenvalue weighted by molar-refractivity contribution is -0.137. The monoisotopic (exact) mass is 366 g/mol. The van der Waals surface area contributed by atoms with Crippen LogP contribution in [0.15, 0.2) is 42.6 Å². The third-order valence-electron chi connectivity index (χ3n) is 3.99. The average Bonchev–Trinajstić information content (AvgIpc) is 2.61. The lowest BCUT2D eigenvalue weighted by atomic mass is 10.1. The van der Waals surface area contributed by atoms with Gasteiger partial charge in [0.25, 0.3) is 0 Å². The Labute approximate surface area is 150 Å². The van der Waals surface area contributed by atoms with Gasteiger partial charge in [0.2, 0.25) is 0 Å². The van der Waals surface area contributed by atoms with Crippen LogP contribution in [0.25, 0.3) is 0 Å². The number of hydrogen-bond donors (Lipinski definition) is 1. The molecule has 0 unspecified atom stereocenters. The van der Waals surface area contributed by atoms with Crippen LogP contribution >= 0.6 is 0 Å². The number of rotatable bonds is 8. The molecule has 0 amide bonds. The van der Waals surface area contributed by atoms with Crippen molar-refractivity contribution >= 4 is 17.5 Å². The largest absolute Gasteiger partial charge is 0.478 e. The minimum atomic E-state index is -4.47. The van der Waals surface area contributed by atoms with Crippen LogP contribution in [0.2, 0.25) is 0 Å². The zero-order valence-electron chi connectivity index (χ0n) is 14.5. The van der Waals surface area contributed by atoms with Crippen molar-refractivity contribution in [3.8, 4) is 0 Å². The van der Waals surface area contributed by atoms with Gasteiger partial charge in [-0.3, -0.25) is 0 Å². The van der Waals surface area contributed by atoms with Gasteiger partial charge in [-0.25, -0.2) is 9.78 Å². The highest BCUT2D eigenvalue weighted by Crippen LogP contribution is 2.34. The van der Waals surface area contributed by atoms with Gasteiger partial charge in [-0.2, -0.15) is 13.2 Å². The average molecular weight is 366 g/mol. The number of carbonyl (C=O) groups is 1. The number of unbranched alkanes of at least 4 members (excludes halogenated alkanes) is 3. The highest BCUT2D eigenvalue weighted by Gasteiger charge is 2.31. The summed E-state index contributed by atoms with van der Waals surface area (Å²) in [5, 5.41) is 9.41. The molecular weight excluding hydrogens is 345 g/mol. The second-order valence-electron chi connectivity index (χ2n) is 5.94. The Hall–Kier alpha value is -2.57. The zero-order chi connectivity index (χ0) is 19.2. The summed E-state index contributed by atoms with van der Waals surface area (Å²) >= 11 is 0. The molecule has 140 valence electrons. The highest BCUT2D eigenvalue weighted by molar-refractivity contribution is 5.94. The third kappa shape index (κ3) is 4.97. The first kappa shape index (κ1) is 19.8. The lowest BCUT2D eigenvalue weighted by Gasteiger charge is -2.26. The Bertz CT molecular complexity index is 748. The fraction of sp³-hybridized carbons (Fsp3) is 0.368. The summed E-state index contributed by atoms with van der Waals surface area (Å²) in [7, 11) is 0. The van der Waals surface area contributed by atoms with E-state index in [0.717, 1.165) is 37.8 Å². The number of carboxylic acid groups (broad SMARTS) is 1. The molecule has 0 fully saturated rings. The van der Waals surface area contributed by atoms with Gasteiger partial charge in [0.15, 0.2) is 0 Å². The van der Waals surface area contributed by atoms with Gasteiger partial charge in [0.05, 0.1) is 5.56 Å². The Morgan fingerprint density at radius 1 is 1.15 bits per heavy atom. The quantitative estimate of drug-likeness (QED) is 0.625. The second kappa shape index (κ2) is 8.69. The van der Waals surface area contributed by atoms with Crippen LogP contribution in [0.5, 0.6) is 0 Å². The minimum Gasteiger partial charge on any atom is -0.478 e. The topological polar surface area (TPSA) is 53.4 Å². The number of aromatic nitrogens is 1. The van der Waals surface area contributed by atoms with Gasteiger partial charge in [0.1, 0.15) is 11.4 Å². The molecule has 0 saturated carbocycles. The zero-order valence-corrected chi connectivity index (χ0v) is 14.5. The van der Waals surface area contributed by atoms with Gasteiger partial charge in [0, 0.05) is 18.4 Å². The van der Waals surface area contributed by atoms with Crippen LogP contribution in [0.4, 0.5) is 24.7 Å². The SMILES string of the molecule is CCCCCCN(c1cccc(C(F)(F)F)c1)c1ncccc1C(=O)O. The van der Waals surface area contributed by atoms with E-state index in [0.29, 0.717) is 6.54 Å². The number of nitrogens with zero attached hydrogens (tertiary/aromatic N) is 2. The van der Waals surface area contributed by atoms with E-state index in [9.17, 15) is 23.1 Å². The molecule has 0 radical (unpaired) electrons. The van der Waals surface area contributed by atoms with Crippen molar-refractivity contribution in [3.05, 3.63) is 53.7 Å². The van der Waals surface area contributed by atoms with E-state index < -0.39 is 17.7 Å². The summed E-state index contributed by atoms with van der Waals surface area (Å²) in [6.45, 7) is 2.45. The van der Waals surface area contributed by atoms with Crippen LogP contribution in [0.1, 0.15) is 48.5 Å². The Morgan fingerprint density at radius 2 is 1.92 bits per heavy atom. The molecular formula is C19H21F3N2O2.